The average molecular weight is 374 g/mol. The van der Waals surface area contributed by atoms with Crippen LogP contribution in [0.25, 0.3) is 0 Å². The lowest BCUT2D eigenvalue weighted by Gasteiger charge is -2.03. The van der Waals surface area contributed by atoms with Crippen LogP contribution >= 0.6 is 39.5 Å². The number of benzene rings is 1. The molecule has 2 N–H and O–H groups in total. The highest BCUT2D eigenvalue weighted by atomic mass is 79.9. The minimum Gasteiger partial charge on any atom is -0.338 e. The van der Waals surface area contributed by atoms with Crippen molar-refractivity contribution >= 4 is 39.5 Å². The summed E-state index contributed by atoms with van der Waals surface area (Å²) in [4.78, 5) is 5.53. The topological polar surface area (TPSA) is 64.9 Å². The molecule has 1 atom stereocenters. The molecule has 108 valence electrons. The molecule has 0 amide bonds. The number of hydrogen-bond donors (Lipinski definition) is 1. The number of aromatic nitrogens is 2. The lowest BCUT2D eigenvalue weighted by molar-refractivity contribution is 0.350. The SMILES string of the molecule is CSCC[C@H](N)c1nc(CSc2ccc(Br)cc2)no1. The van der Waals surface area contributed by atoms with Gasteiger partial charge in [-0.2, -0.15) is 16.7 Å². The van der Waals surface area contributed by atoms with E-state index >= 15 is 0 Å². The molecule has 0 radical (unpaired) electrons. The number of rotatable bonds is 7. The van der Waals surface area contributed by atoms with Crippen molar-refractivity contribution in [3.63, 3.8) is 0 Å². The van der Waals surface area contributed by atoms with Gasteiger partial charge in [0.05, 0.1) is 11.8 Å². The van der Waals surface area contributed by atoms with Gasteiger partial charge < -0.3 is 10.3 Å². The molecule has 0 aliphatic heterocycles. The third-order valence-electron chi connectivity index (χ3n) is 2.62. The number of nitrogens with two attached hydrogens (primary N) is 1. The van der Waals surface area contributed by atoms with Crippen molar-refractivity contribution in [3.8, 4) is 0 Å². The van der Waals surface area contributed by atoms with Crippen molar-refractivity contribution in [2.24, 2.45) is 5.73 Å². The summed E-state index contributed by atoms with van der Waals surface area (Å²) in [7, 11) is 0. The van der Waals surface area contributed by atoms with Crippen molar-refractivity contribution < 1.29 is 4.52 Å². The fourth-order valence-electron chi connectivity index (χ4n) is 1.52. The zero-order valence-electron chi connectivity index (χ0n) is 11.1. The van der Waals surface area contributed by atoms with Gasteiger partial charge in [-0.3, -0.25) is 0 Å². The summed E-state index contributed by atoms with van der Waals surface area (Å²) in [6.07, 6.45) is 2.91. The Morgan fingerprint density at radius 3 is 2.80 bits per heavy atom. The predicted octanol–water partition coefficient (Wildman–Crippen LogP) is 3.88. The summed E-state index contributed by atoms with van der Waals surface area (Å²) in [5.41, 5.74) is 6.00. The highest BCUT2D eigenvalue weighted by Gasteiger charge is 2.14. The van der Waals surface area contributed by atoms with E-state index < -0.39 is 0 Å². The third kappa shape index (κ3) is 4.80. The second-order valence-electron chi connectivity index (χ2n) is 4.18. The predicted molar refractivity (Wildman–Crippen MR) is 87.9 cm³/mol. The fraction of sp³-hybridized carbons (Fsp3) is 0.385. The van der Waals surface area contributed by atoms with Gasteiger partial charge in [0, 0.05) is 9.37 Å². The van der Waals surface area contributed by atoms with Gasteiger partial charge in [0.1, 0.15) is 0 Å². The molecule has 2 aromatic rings. The number of hydrogen-bond acceptors (Lipinski definition) is 6. The molecule has 0 unspecified atom stereocenters. The molecule has 0 bridgehead atoms. The van der Waals surface area contributed by atoms with Gasteiger partial charge in [-0.05, 0) is 42.7 Å². The smallest absolute Gasteiger partial charge is 0.243 e. The van der Waals surface area contributed by atoms with Crippen LogP contribution in [0.5, 0.6) is 0 Å². The van der Waals surface area contributed by atoms with Crippen LogP contribution in [-0.4, -0.2) is 22.1 Å². The summed E-state index contributed by atoms with van der Waals surface area (Å²) >= 11 is 6.85. The average Bonchev–Trinajstić information content (AvgIpc) is 2.93. The molecule has 0 saturated heterocycles. The monoisotopic (exact) mass is 373 g/mol. The zero-order chi connectivity index (χ0) is 14.4. The standard InChI is InChI=1S/C13H16BrN3OS2/c1-19-7-6-11(15)13-16-12(17-18-13)8-20-10-4-2-9(14)3-5-10/h2-5,11H,6-8,15H2,1H3/t11-/m0/s1. The van der Waals surface area contributed by atoms with Crippen molar-refractivity contribution in [2.75, 3.05) is 12.0 Å². The lowest BCUT2D eigenvalue weighted by Crippen LogP contribution is -2.11. The quantitative estimate of drug-likeness (QED) is 0.742. The maximum atomic E-state index is 6.00. The van der Waals surface area contributed by atoms with Gasteiger partial charge in [0.2, 0.25) is 5.89 Å². The Labute approximate surface area is 135 Å². The normalized spacial score (nSPS) is 12.6. The van der Waals surface area contributed by atoms with Crippen molar-refractivity contribution in [2.45, 2.75) is 23.1 Å². The molecule has 1 heterocycles. The Balaban J connectivity index is 1.87. The van der Waals surface area contributed by atoms with E-state index in [1.54, 1.807) is 23.5 Å². The van der Waals surface area contributed by atoms with Crippen LogP contribution in [-0.2, 0) is 5.75 Å². The highest BCUT2D eigenvalue weighted by Crippen LogP contribution is 2.24. The first-order valence-corrected chi connectivity index (χ1v) is 9.31. The van der Waals surface area contributed by atoms with E-state index in [-0.39, 0.29) is 6.04 Å². The third-order valence-corrected chi connectivity index (χ3v) is 4.80. The molecule has 0 aliphatic carbocycles. The Kier molecular flexibility index (Phi) is 6.41. The van der Waals surface area contributed by atoms with Crippen LogP contribution < -0.4 is 5.73 Å². The van der Waals surface area contributed by atoms with Gasteiger partial charge in [0.25, 0.3) is 0 Å². The van der Waals surface area contributed by atoms with Crippen molar-refractivity contribution in [3.05, 3.63) is 40.5 Å². The molecule has 1 aromatic heterocycles. The molecule has 1 aromatic carbocycles. The molecule has 0 spiro atoms. The Hall–Kier alpha value is -0.500. The number of halogens is 1. The Morgan fingerprint density at radius 1 is 1.35 bits per heavy atom. The number of nitrogens with zero attached hydrogens (tertiary/aromatic N) is 2. The van der Waals surface area contributed by atoms with E-state index in [2.05, 4.69) is 44.5 Å². The highest BCUT2D eigenvalue weighted by molar-refractivity contribution is 9.10. The van der Waals surface area contributed by atoms with Crippen LogP contribution in [0, 0.1) is 0 Å². The van der Waals surface area contributed by atoms with Crippen molar-refractivity contribution in [1.29, 1.82) is 0 Å². The van der Waals surface area contributed by atoms with Gasteiger partial charge in [-0.1, -0.05) is 21.1 Å². The molecule has 0 saturated carbocycles. The minimum atomic E-state index is -0.165. The summed E-state index contributed by atoms with van der Waals surface area (Å²) in [6, 6.07) is 7.98. The lowest BCUT2D eigenvalue weighted by atomic mass is 10.2. The van der Waals surface area contributed by atoms with E-state index in [1.807, 2.05) is 12.1 Å². The van der Waals surface area contributed by atoms with E-state index in [4.69, 9.17) is 10.3 Å². The van der Waals surface area contributed by atoms with Gasteiger partial charge >= 0.3 is 0 Å². The molecular weight excluding hydrogens is 358 g/mol. The molecule has 4 nitrogen and oxygen atoms in total. The zero-order valence-corrected chi connectivity index (χ0v) is 14.3. The fourth-order valence-corrected chi connectivity index (χ4v) is 3.02. The first-order chi connectivity index (χ1) is 9.69. The maximum Gasteiger partial charge on any atom is 0.243 e. The molecule has 7 heteroatoms. The van der Waals surface area contributed by atoms with Crippen LogP contribution in [0.4, 0.5) is 0 Å². The van der Waals surface area contributed by atoms with Crippen LogP contribution in [0.1, 0.15) is 24.2 Å². The van der Waals surface area contributed by atoms with Crippen LogP contribution in [0.3, 0.4) is 0 Å². The maximum absolute atomic E-state index is 6.00. The minimum absolute atomic E-state index is 0.165. The first-order valence-electron chi connectivity index (χ1n) is 6.14. The molecule has 0 fully saturated rings. The van der Waals surface area contributed by atoms with E-state index in [1.165, 1.54) is 4.90 Å². The van der Waals surface area contributed by atoms with E-state index in [0.717, 1.165) is 16.6 Å². The van der Waals surface area contributed by atoms with Crippen molar-refractivity contribution in [1.82, 2.24) is 10.1 Å². The summed E-state index contributed by atoms with van der Waals surface area (Å²) in [5.74, 6) is 2.89. The van der Waals surface area contributed by atoms with Gasteiger partial charge in [-0.25, -0.2) is 0 Å². The summed E-state index contributed by atoms with van der Waals surface area (Å²) in [6.45, 7) is 0. The Morgan fingerprint density at radius 2 is 2.10 bits per heavy atom. The van der Waals surface area contributed by atoms with Gasteiger partial charge in [-0.15, -0.1) is 11.8 Å². The van der Waals surface area contributed by atoms with E-state index in [0.29, 0.717) is 17.5 Å². The summed E-state index contributed by atoms with van der Waals surface area (Å²) in [5, 5.41) is 3.97. The molecule has 2 rings (SSSR count). The Bertz CT molecular complexity index is 533. The molecule has 20 heavy (non-hydrogen) atoms. The molecule has 0 aliphatic rings. The van der Waals surface area contributed by atoms with Gasteiger partial charge in [0.15, 0.2) is 5.82 Å². The first kappa shape index (κ1) is 15.9. The van der Waals surface area contributed by atoms with Crippen LogP contribution in [0.2, 0.25) is 0 Å². The second kappa shape index (κ2) is 8.07. The molecular formula is C13H16BrN3OS2. The number of thioether (sulfide) groups is 2. The summed E-state index contributed by atoms with van der Waals surface area (Å²) < 4.78 is 6.29. The van der Waals surface area contributed by atoms with Crippen LogP contribution in [0.15, 0.2) is 38.2 Å². The second-order valence-corrected chi connectivity index (χ2v) is 7.13. The van der Waals surface area contributed by atoms with E-state index in [9.17, 15) is 0 Å². The largest absolute Gasteiger partial charge is 0.338 e.